The summed E-state index contributed by atoms with van der Waals surface area (Å²) in [5, 5.41) is 15.7. The van der Waals surface area contributed by atoms with Crippen molar-refractivity contribution in [1.82, 2.24) is 5.32 Å². The molecule has 0 aliphatic carbocycles. The highest BCUT2D eigenvalue weighted by molar-refractivity contribution is 5.94. The molecule has 1 atom stereocenters. The first-order valence-corrected chi connectivity index (χ1v) is 7.66. The van der Waals surface area contributed by atoms with Crippen LogP contribution in [0.15, 0.2) is 54.6 Å². The number of hydrogen-bond acceptors (Lipinski definition) is 3. The van der Waals surface area contributed by atoms with E-state index in [1.165, 1.54) is 0 Å². The van der Waals surface area contributed by atoms with Gasteiger partial charge < -0.3 is 20.5 Å². The summed E-state index contributed by atoms with van der Waals surface area (Å²) in [6.45, 7) is 0.955. The van der Waals surface area contributed by atoms with Crippen molar-refractivity contribution < 1.29 is 14.6 Å². The Kier molecular flexibility index (Phi) is 4.60. The Balaban J connectivity index is 1.67. The minimum absolute atomic E-state index is 0.173. The van der Waals surface area contributed by atoms with E-state index in [2.05, 4.69) is 10.6 Å². The van der Waals surface area contributed by atoms with Crippen molar-refractivity contribution >= 4 is 11.7 Å². The van der Waals surface area contributed by atoms with Gasteiger partial charge in [-0.1, -0.05) is 48.5 Å². The van der Waals surface area contributed by atoms with Crippen molar-refractivity contribution in [2.75, 3.05) is 25.1 Å². The third-order valence-electron chi connectivity index (χ3n) is 3.92. The molecule has 0 spiro atoms. The van der Waals surface area contributed by atoms with Gasteiger partial charge in [0.1, 0.15) is 5.60 Å². The highest BCUT2D eigenvalue weighted by Gasteiger charge is 2.32. The van der Waals surface area contributed by atoms with Crippen LogP contribution >= 0.6 is 0 Å². The monoisotopic (exact) mass is 312 g/mol. The Labute approximate surface area is 135 Å². The molecular formula is C18H20N2O3. The van der Waals surface area contributed by atoms with Crippen LogP contribution in [-0.2, 0) is 4.74 Å². The largest absolute Gasteiger partial charge is 0.386 e. The van der Waals surface area contributed by atoms with Crippen LogP contribution in [0.3, 0.4) is 0 Å². The van der Waals surface area contributed by atoms with Gasteiger partial charge in [0.2, 0.25) is 0 Å². The molecule has 1 heterocycles. The Morgan fingerprint density at radius 3 is 2.61 bits per heavy atom. The van der Waals surface area contributed by atoms with Gasteiger partial charge in [-0.05, 0) is 11.6 Å². The fourth-order valence-electron chi connectivity index (χ4n) is 2.61. The van der Waals surface area contributed by atoms with Crippen molar-refractivity contribution in [2.24, 2.45) is 0 Å². The number of urea groups is 1. The second kappa shape index (κ2) is 6.81. The molecule has 1 aliphatic rings. The predicted octanol–water partition coefficient (Wildman–Crippen LogP) is 2.63. The molecule has 120 valence electrons. The highest BCUT2D eigenvalue weighted by atomic mass is 16.5. The van der Waals surface area contributed by atoms with Gasteiger partial charge in [-0.2, -0.15) is 0 Å². The second-order valence-corrected chi connectivity index (χ2v) is 5.75. The first kappa shape index (κ1) is 15.5. The SMILES string of the molecule is O=C(NCC1(O)CCOC1)Nc1ccccc1-c1ccccc1. The van der Waals surface area contributed by atoms with E-state index in [9.17, 15) is 9.90 Å². The van der Waals surface area contributed by atoms with Crippen LogP contribution in [0.25, 0.3) is 11.1 Å². The Hall–Kier alpha value is -2.37. The van der Waals surface area contributed by atoms with Crippen molar-refractivity contribution in [3.63, 3.8) is 0 Å². The standard InChI is InChI=1S/C18H20N2O3/c21-17(19-12-18(22)10-11-23-13-18)20-16-9-5-4-8-15(16)14-6-2-1-3-7-14/h1-9,22H,10-13H2,(H2,19,20,21). The van der Waals surface area contributed by atoms with Crippen molar-refractivity contribution in [2.45, 2.75) is 12.0 Å². The van der Waals surface area contributed by atoms with Gasteiger partial charge in [0.05, 0.1) is 18.8 Å². The average Bonchev–Trinajstić information content (AvgIpc) is 3.02. The van der Waals surface area contributed by atoms with E-state index < -0.39 is 5.60 Å². The molecule has 0 radical (unpaired) electrons. The lowest BCUT2D eigenvalue weighted by Gasteiger charge is -2.21. The first-order chi connectivity index (χ1) is 11.2. The average molecular weight is 312 g/mol. The molecule has 0 aromatic heterocycles. The number of ether oxygens (including phenoxy) is 1. The first-order valence-electron chi connectivity index (χ1n) is 7.66. The minimum Gasteiger partial charge on any atom is -0.386 e. The summed E-state index contributed by atoms with van der Waals surface area (Å²) in [4.78, 5) is 12.1. The maximum Gasteiger partial charge on any atom is 0.319 e. The number of para-hydroxylation sites is 1. The van der Waals surface area contributed by atoms with Crippen LogP contribution in [0.5, 0.6) is 0 Å². The summed E-state index contributed by atoms with van der Waals surface area (Å²) in [7, 11) is 0. The molecule has 0 bridgehead atoms. The molecule has 2 amide bonds. The molecule has 0 saturated carbocycles. The number of aliphatic hydroxyl groups is 1. The summed E-state index contributed by atoms with van der Waals surface area (Å²) in [5.74, 6) is 0. The minimum atomic E-state index is -0.962. The van der Waals surface area contributed by atoms with Crippen molar-refractivity contribution in [3.05, 3.63) is 54.6 Å². The Morgan fingerprint density at radius 2 is 1.87 bits per heavy atom. The molecule has 1 unspecified atom stereocenters. The van der Waals surface area contributed by atoms with Gasteiger partial charge in [0.25, 0.3) is 0 Å². The molecule has 1 saturated heterocycles. The highest BCUT2D eigenvalue weighted by Crippen LogP contribution is 2.27. The van der Waals surface area contributed by atoms with E-state index in [0.717, 1.165) is 16.8 Å². The zero-order chi connectivity index (χ0) is 16.1. The van der Waals surface area contributed by atoms with E-state index in [1.807, 2.05) is 54.6 Å². The van der Waals surface area contributed by atoms with Gasteiger partial charge in [0, 0.05) is 18.6 Å². The number of benzene rings is 2. The van der Waals surface area contributed by atoms with Crippen LogP contribution in [0.2, 0.25) is 0 Å². The fraction of sp³-hybridized carbons (Fsp3) is 0.278. The third-order valence-corrected chi connectivity index (χ3v) is 3.92. The molecular weight excluding hydrogens is 292 g/mol. The molecule has 2 aromatic carbocycles. The van der Waals surface area contributed by atoms with E-state index in [4.69, 9.17) is 4.74 Å². The topological polar surface area (TPSA) is 70.6 Å². The van der Waals surface area contributed by atoms with Gasteiger partial charge in [-0.3, -0.25) is 0 Å². The predicted molar refractivity (Wildman–Crippen MR) is 89.3 cm³/mol. The van der Waals surface area contributed by atoms with E-state index in [-0.39, 0.29) is 19.2 Å². The number of anilines is 1. The lowest BCUT2D eigenvalue weighted by atomic mass is 10.0. The lowest BCUT2D eigenvalue weighted by molar-refractivity contribution is 0.0295. The van der Waals surface area contributed by atoms with Crippen molar-refractivity contribution in [1.29, 1.82) is 0 Å². The van der Waals surface area contributed by atoms with E-state index >= 15 is 0 Å². The summed E-state index contributed by atoms with van der Waals surface area (Å²) in [6.07, 6.45) is 0.536. The van der Waals surface area contributed by atoms with Gasteiger partial charge in [-0.15, -0.1) is 0 Å². The lowest BCUT2D eigenvalue weighted by Crippen LogP contribution is -2.44. The summed E-state index contributed by atoms with van der Waals surface area (Å²) in [5.41, 5.74) is 1.75. The number of rotatable bonds is 4. The molecule has 5 heteroatoms. The van der Waals surface area contributed by atoms with Crippen LogP contribution < -0.4 is 10.6 Å². The van der Waals surface area contributed by atoms with Crippen molar-refractivity contribution in [3.8, 4) is 11.1 Å². The number of carbonyl (C=O) groups excluding carboxylic acids is 1. The Bertz CT molecular complexity index is 667. The maximum absolute atomic E-state index is 12.1. The summed E-state index contributed by atoms with van der Waals surface area (Å²) in [6, 6.07) is 17.2. The van der Waals surface area contributed by atoms with Gasteiger partial charge in [-0.25, -0.2) is 4.79 Å². The van der Waals surface area contributed by atoms with Crippen LogP contribution in [-0.4, -0.2) is 36.5 Å². The van der Waals surface area contributed by atoms with Gasteiger partial charge in [0.15, 0.2) is 0 Å². The normalized spacial score (nSPS) is 20.2. The zero-order valence-electron chi connectivity index (χ0n) is 12.8. The zero-order valence-corrected chi connectivity index (χ0v) is 12.8. The summed E-state index contributed by atoms with van der Waals surface area (Å²) >= 11 is 0. The molecule has 3 rings (SSSR count). The summed E-state index contributed by atoms with van der Waals surface area (Å²) < 4.78 is 5.17. The Morgan fingerprint density at radius 1 is 1.13 bits per heavy atom. The third kappa shape index (κ3) is 3.88. The van der Waals surface area contributed by atoms with E-state index in [1.54, 1.807) is 0 Å². The molecule has 3 N–H and O–H groups in total. The maximum atomic E-state index is 12.1. The van der Waals surface area contributed by atoms with Gasteiger partial charge >= 0.3 is 6.03 Å². The molecule has 23 heavy (non-hydrogen) atoms. The molecule has 5 nitrogen and oxygen atoms in total. The number of amides is 2. The number of nitrogens with one attached hydrogen (secondary N) is 2. The van der Waals surface area contributed by atoms with Crippen LogP contribution in [0.1, 0.15) is 6.42 Å². The molecule has 1 fully saturated rings. The molecule has 2 aromatic rings. The fourth-order valence-corrected chi connectivity index (χ4v) is 2.61. The van der Waals surface area contributed by atoms with Crippen LogP contribution in [0, 0.1) is 0 Å². The molecule has 1 aliphatic heterocycles. The quantitative estimate of drug-likeness (QED) is 0.813. The second-order valence-electron chi connectivity index (χ2n) is 5.75. The van der Waals surface area contributed by atoms with E-state index in [0.29, 0.717) is 13.0 Å². The number of carbonyl (C=O) groups is 1. The number of hydrogen-bond donors (Lipinski definition) is 3. The van der Waals surface area contributed by atoms with Crippen LogP contribution in [0.4, 0.5) is 10.5 Å². The smallest absolute Gasteiger partial charge is 0.319 e.